The highest BCUT2D eigenvalue weighted by atomic mass is 35.5. The lowest BCUT2D eigenvalue weighted by Crippen LogP contribution is -2.48. The molecule has 0 aliphatic rings. The summed E-state index contributed by atoms with van der Waals surface area (Å²) in [4.78, 5) is 12.7. The maximum Gasteiger partial charge on any atom is 0.244 e. The maximum absolute atomic E-state index is 12.7. The van der Waals surface area contributed by atoms with Gasteiger partial charge >= 0.3 is 0 Å². The Bertz CT molecular complexity index is 889. The number of benzene rings is 2. The van der Waals surface area contributed by atoms with Crippen molar-refractivity contribution >= 4 is 44.8 Å². The Morgan fingerprint density at radius 1 is 1.04 bits per heavy atom. The van der Waals surface area contributed by atoms with Crippen LogP contribution in [0.1, 0.15) is 25.5 Å². The second kappa shape index (κ2) is 8.29. The molecule has 0 bridgehead atoms. The molecule has 0 radical (unpaired) electrons. The Balaban J connectivity index is 2.27. The molecule has 2 atom stereocenters. The molecule has 1 N–H and O–H groups in total. The van der Waals surface area contributed by atoms with Crippen LogP contribution in [0.3, 0.4) is 0 Å². The highest BCUT2D eigenvalue weighted by molar-refractivity contribution is 7.92. The van der Waals surface area contributed by atoms with Crippen LogP contribution >= 0.6 is 23.2 Å². The van der Waals surface area contributed by atoms with E-state index in [1.165, 1.54) is 25.1 Å². The van der Waals surface area contributed by atoms with Gasteiger partial charge in [-0.15, -0.1) is 0 Å². The molecule has 26 heavy (non-hydrogen) atoms. The zero-order chi connectivity index (χ0) is 19.5. The molecule has 2 rings (SSSR count). The van der Waals surface area contributed by atoms with Gasteiger partial charge in [-0.05, 0) is 37.6 Å². The first kappa shape index (κ1) is 20.6. The summed E-state index contributed by atoms with van der Waals surface area (Å²) in [6.07, 6.45) is 1.04. The second-order valence-electron chi connectivity index (χ2n) is 5.97. The fourth-order valence-electron chi connectivity index (χ4n) is 2.59. The number of anilines is 1. The first-order valence-electron chi connectivity index (χ1n) is 7.91. The van der Waals surface area contributed by atoms with Crippen molar-refractivity contribution in [1.29, 1.82) is 0 Å². The average molecular weight is 415 g/mol. The molecular weight excluding hydrogens is 395 g/mol. The Hall–Kier alpha value is -1.76. The largest absolute Gasteiger partial charge is 0.348 e. The first-order chi connectivity index (χ1) is 12.1. The van der Waals surface area contributed by atoms with Crippen LogP contribution in [0.15, 0.2) is 48.5 Å². The number of carbonyl (C=O) groups excluding carboxylic acids is 1. The lowest BCUT2D eigenvalue weighted by molar-refractivity contribution is -0.122. The topological polar surface area (TPSA) is 66.5 Å². The summed E-state index contributed by atoms with van der Waals surface area (Å²) >= 11 is 11.9. The van der Waals surface area contributed by atoms with Crippen molar-refractivity contribution in [1.82, 2.24) is 5.32 Å². The fraction of sp³-hybridized carbons (Fsp3) is 0.278. The predicted molar refractivity (Wildman–Crippen MR) is 106 cm³/mol. The van der Waals surface area contributed by atoms with Crippen molar-refractivity contribution in [3.8, 4) is 0 Å². The third-order valence-corrected chi connectivity index (χ3v) is 5.89. The number of nitrogens with zero attached hydrogens (tertiary/aromatic N) is 1. The summed E-state index contributed by atoms with van der Waals surface area (Å²) in [6, 6.07) is 12.6. The molecular formula is C18H20Cl2N2O3S. The van der Waals surface area contributed by atoms with Crippen LogP contribution in [0.2, 0.25) is 10.0 Å². The van der Waals surface area contributed by atoms with E-state index in [0.717, 1.165) is 16.1 Å². The van der Waals surface area contributed by atoms with E-state index in [-0.39, 0.29) is 16.8 Å². The summed E-state index contributed by atoms with van der Waals surface area (Å²) in [5, 5.41) is 3.36. The van der Waals surface area contributed by atoms with Crippen LogP contribution in [0.25, 0.3) is 0 Å². The van der Waals surface area contributed by atoms with Gasteiger partial charge in [0.2, 0.25) is 15.9 Å². The first-order valence-corrected chi connectivity index (χ1v) is 10.5. The van der Waals surface area contributed by atoms with E-state index in [9.17, 15) is 13.2 Å². The van der Waals surface area contributed by atoms with Gasteiger partial charge in [-0.2, -0.15) is 0 Å². The van der Waals surface area contributed by atoms with Gasteiger partial charge in [0.15, 0.2) is 0 Å². The molecule has 2 aromatic carbocycles. The van der Waals surface area contributed by atoms with Crippen molar-refractivity contribution in [2.24, 2.45) is 0 Å². The number of rotatable bonds is 6. The minimum atomic E-state index is -3.72. The Morgan fingerprint density at radius 3 is 2.19 bits per heavy atom. The zero-order valence-electron chi connectivity index (χ0n) is 14.6. The molecule has 0 heterocycles. The molecule has 2 unspecified atom stereocenters. The standard InChI is InChI=1S/C18H20Cl2N2O3S/c1-12(14-7-5-4-6-8-14)21-18(23)13(2)22(26(3,24)25)15-9-10-16(19)17(20)11-15/h4-13H,1-3H3,(H,21,23). The molecule has 0 aliphatic carbocycles. The van der Waals surface area contributed by atoms with E-state index in [0.29, 0.717) is 5.02 Å². The number of amides is 1. The molecule has 0 saturated heterocycles. The van der Waals surface area contributed by atoms with Crippen molar-refractivity contribution in [3.05, 3.63) is 64.1 Å². The Labute approximate surface area is 164 Å². The third kappa shape index (κ3) is 4.90. The lowest BCUT2D eigenvalue weighted by atomic mass is 10.1. The van der Waals surface area contributed by atoms with E-state index < -0.39 is 22.0 Å². The van der Waals surface area contributed by atoms with Gasteiger partial charge in [-0.3, -0.25) is 9.10 Å². The van der Waals surface area contributed by atoms with Crippen molar-refractivity contribution in [2.45, 2.75) is 25.9 Å². The molecule has 8 heteroatoms. The van der Waals surface area contributed by atoms with Crippen LogP contribution in [0.4, 0.5) is 5.69 Å². The fourth-order valence-corrected chi connectivity index (χ4v) is 4.05. The average Bonchev–Trinajstić information content (AvgIpc) is 2.57. The predicted octanol–water partition coefficient (Wildman–Crippen LogP) is 4.03. The molecule has 5 nitrogen and oxygen atoms in total. The molecule has 0 aromatic heterocycles. The normalized spacial score (nSPS) is 13.7. The second-order valence-corrected chi connectivity index (χ2v) is 8.65. The summed E-state index contributed by atoms with van der Waals surface area (Å²) < 4.78 is 25.6. The quantitative estimate of drug-likeness (QED) is 0.775. The van der Waals surface area contributed by atoms with Crippen molar-refractivity contribution in [3.63, 3.8) is 0 Å². The van der Waals surface area contributed by atoms with E-state index >= 15 is 0 Å². The summed E-state index contributed by atoms with van der Waals surface area (Å²) in [5.74, 6) is -0.419. The van der Waals surface area contributed by atoms with Gasteiger partial charge in [0.25, 0.3) is 0 Å². The molecule has 0 spiro atoms. The summed E-state index contributed by atoms with van der Waals surface area (Å²) in [6.45, 7) is 3.36. The lowest BCUT2D eigenvalue weighted by Gasteiger charge is -2.29. The highest BCUT2D eigenvalue weighted by Crippen LogP contribution is 2.29. The van der Waals surface area contributed by atoms with Crippen LogP contribution in [0, 0.1) is 0 Å². The van der Waals surface area contributed by atoms with Gasteiger partial charge in [0, 0.05) is 0 Å². The summed E-state index contributed by atoms with van der Waals surface area (Å²) in [7, 11) is -3.72. The van der Waals surface area contributed by atoms with Gasteiger partial charge in [0.05, 0.1) is 28.0 Å². The number of hydrogen-bond donors (Lipinski definition) is 1. The van der Waals surface area contributed by atoms with Gasteiger partial charge in [0.1, 0.15) is 6.04 Å². The molecule has 2 aromatic rings. The van der Waals surface area contributed by atoms with Crippen LogP contribution in [-0.4, -0.2) is 26.6 Å². The third-order valence-electron chi connectivity index (χ3n) is 3.90. The molecule has 0 aliphatic heterocycles. The van der Waals surface area contributed by atoms with Gasteiger partial charge in [-0.25, -0.2) is 8.42 Å². The van der Waals surface area contributed by atoms with Crippen LogP contribution in [-0.2, 0) is 14.8 Å². The molecule has 0 fully saturated rings. The van der Waals surface area contributed by atoms with Gasteiger partial charge in [-0.1, -0.05) is 53.5 Å². The number of hydrogen-bond acceptors (Lipinski definition) is 3. The number of nitrogens with one attached hydrogen (secondary N) is 1. The summed E-state index contributed by atoms with van der Waals surface area (Å²) in [5.41, 5.74) is 1.20. The Kier molecular flexibility index (Phi) is 6.55. The molecule has 0 saturated carbocycles. The number of sulfonamides is 1. The maximum atomic E-state index is 12.7. The van der Waals surface area contributed by atoms with Crippen molar-refractivity contribution < 1.29 is 13.2 Å². The minimum Gasteiger partial charge on any atom is -0.348 e. The van der Waals surface area contributed by atoms with Crippen LogP contribution in [0.5, 0.6) is 0 Å². The smallest absolute Gasteiger partial charge is 0.244 e. The highest BCUT2D eigenvalue weighted by Gasteiger charge is 2.30. The minimum absolute atomic E-state index is 0.211. The van der Waals surface area contributed by atoms with Gasteiger partial charge < -0.3 is 5.32 Å². The number of carbonyl (C=O) groups is 1. The zero-order valence-corrected chi connectivity index (χ0v) is 16.9. The molecule has 140 valence electrons. The molecule has 1 amide bonds. The Morgan fingerprint density at radius 2 is 1.65 bits per heavy atom. The number of halogens is 2. The monoisotopic (exact) mass is 414 g/mol. The van der Waals surface area contributed by atoms with E-state index in [4.69, 9.17) is 23.2 Å². The SMILES string of the molecule is CC(NC(=O)C(C)N(c1ccc(Cl)c(Cl)c1)S(C)(=O)=O)c1ccccc1. The van der Waals surface area contributed by atoms with Crippen LogP contribution < -0.4 is 9.62 Å². The van der Waals surface area contributed by atoms with E-state index in [1.807, 2.05) is 37.3 Å². The van der Waals surface area contributed by atoms with E-state index in [1.54, 1.807) is 0 Å². The van der Waals surface area contributed by atoms with E-state index in [2.05, 4.69) is 5.32 Å². The van der Waals surface area contributed by atoms with Crippen molar-refractivity contribution in [2.75, 3.05) is 10.6 Å².